The van der Waals surface area contributed by atoms with Crippen LogP contribution in [0.1, 0.15) is 39.0 Å². The van der Waals surface area contributed by atoms with E-state index in [2.05, 4.69) is 5.32 Å². The van der Waals surface area contributed by atoms with Crippen molar-refractivity contribution in [3.8, 4) is 0 Å². The summed E-state index contributed by atoms with van der Waals surface area (Å²) in [7, 11) is 0. The highest BCUT2D eigenvalue weighted by molar-refractivity contribution is 5.82. The Morgan fingerprint density at radius 1 is 1.27 bits per heavy atom. The molecule has 0 aromatic carbocycles. The molecule has 4 nitrogen and oxygen atoms in total. The summed E-state index contributed by atoms with van der Waals surface area (Å²) in [6, 6.07) is -0.517. The van der Waals surface area contributed by atoms with Crippen molar-refractivity contribution in [2.24, 2.45) is 5.41 Å². The molecule has 0 aromatic rings. The standard InChI is InChI=1S/C11H21NO3/c1-11(5-3-2-4-6-11)10(15)12-9(7-13)8-14/h9,13-14H,2-8H2,1H3,(H,12,15). The maximum Gasteiger partial charge on any atom is 0.226 e. The third kappa shape index (κ3) is 3.18. The van der Waals surface area contributed by atoms with Gasteiger partial charge >= 0.3 is 0 Å². The molecule has 3 N–H and O–H groups in total. The molecule has 0 bridgehead atoms. The third-order valence-corrected chi connectivity index (χ3v) is 3.28. The average molecular weight is 215 g/mol. The topological polar surface area (TPSA) is 69.6 Å². The van der Waals surface area contributed by atoms with Crippen molar-refractivity contribution in [1.82, 2.24) is 5.32 Å². The second kappa shape index (κ2) is 5.47. The van der Waals surface area contributed by atoms with Gasteiger partial charge in [-0.2, -0.15) is 0 Å². The van der Waals surface area contributed by atoms with Gasteiger partial charge in [-0.15, -0.1) is 0 Å². The molecule has 0 radical (unpaired) electrons. The highest BCUT2D eigenvalue weighted by Crippen LogP contribution is 2.35. The van der Waals surface area contributed by atoms with Crippen molar-refractivity contribution in [3.63, 3.8) is 0 Å². The molecule has 1 amide bonds. The zero-order valence-corrected chi connectivity index (χ0v) is 9.33. The van der Waals surface area contributed by atoms with E-state index in [0.29, 0.717) is 0 Å². The molecule has 0 atom stereocenters. The van der Waals surface area contributed by atoms with E-state index in [0.717, 1.165) is 25.7 Å². The number of amides is 1. The molecule has 0 spiro atoms. The van der Waals surface area contributed by atoms with E-state index in [9.17, 15) is 4.79 Å². The van der Waals surface area contributed by atoms with Crippen molar-refractivity contribution in [3.05, 3.63) is 0 Å². The zero-order valence-electron chi connectivity index (χ0n) is 9.33. The second-order valence-electron chi connectivity index (χ2n) is 4.66. The first-order valence-electron chi connectivity index (χ1n) is 5.65. The minimum Gasteiger partial charge on any atom is -0.394 e. The normalized spacial score (nSPS) is 20.3. The fourth-order valence-corrected chi connectivity index (χ4v) is 2.07. The minimum atomic E-state index is -0.517. The van der Waals surface area contributed by atoms with E-state index in [-0.39, 0.29) is 24.5 Å². The monoisotopic (exact) mass is 215 g/mol. The summed E-state index contributed by atoms with van der Waals surface area (Å²) in [5.41, 5.74) is -0.305. The van der Waals surface area contributed by atoms with E-state index in [1.165, 1.54) is 6.42 Å². The summed E-state index contributed by atoms with van der Waals surface area (Å²) >= 11 is 0. The summed E-state index contributed by atoms with van der Waals surface area (Å²) in [5, 5.41) is 20.5. The lowest BCUT2D eigenvalue weighted by atomic mass is 9.75. The Bertz CT molecular complexity index is 208. The number of aliphatic hydroxyl groups is 2. The van der Waals surface area contributed by atoms with E-state index >= 15 is 0 Å². The molecule has 4 heteroatoms. The third-order valence-electron chi connectivity index (χ3n) is 3.28. The summed E-state index contributed by atoms with van der Waals surface area (Å²) in [4.78, 5) is 11.9. The van der Waals surface area contributed by atoms with Crippen LogP contribution in [0.2, 0.25) is 0 Å². The highest BCUT2D eigenvalue weighted by Gasteiger charge is 2.35. The lowest BCUT2D eigenvalue weighted by Crippen LogP contribution is -2.47. The Hall–Kier alpha value is -0.610. The van der Waals surface area contributed by atoms with Crippen LogP contribution in [-0.2, 0) is 4.79 Å². The number of hydrogen-bond donors (Lipinski definition) is 3. The van der Waals surface area contributed by atoms with E-state index in [4.69, 9.17) is 10.2 Å². The van der Waals surface area contributed by atoms with Gasteiger partial charge in [0.2, 0.25) is 5.91 Å². The van der Waals surface area contributed by atoms with Crippen molar-refractivity contribution in [2.75, 3.05) is 13.2 Å². The predicted molar refractivity (Wildman–Crippen MR) is 57.3 cm³/mol. The quantitative estimate of drug-likeness (QED) is 0.637. The largest absolute Gasteiger partial charge is 0.394 e. The van der Waals surface area contributed by atoms with Gasteiger partial charge in [0.25, 0.3) is 0 Å². The molecular formula is C11H21NO3. The minimum absolute atomic E-state index is 0.0321. The lowest BCUT2D eigenvalue weighted by Gasteiger charge is -2.33. The number of aliphatic hydroxyl groups excluding tert-OH is 2. The molecule has 0 saturated heterocycles. The molecule has 1 aliphatic carbocycles. The van der Waals surface area contributed by atoms with Crippen LogP contribution in [-0.4, -0.2) is 35.4 Å². The van der Waals surface area contributed by atoms with Crippen molar-refractivity contribution < 1.29 is 15.0 Å². The number of carbonyl (C=O) groups excluding carboxylic acids is 1. The van der Waals surface area contributed by atoms with Gasteiger partial charge in [-0.05, 0) is 12.8 Å². The van der Waals surface area contributed by atoms with Gasteiger partial charge in [0.1, 0.15) is 0 Å². The van der Waals surface area contributed by atoms with E-state index < -0.39 is 6.04 Å². The molecule has 88 valence electrons. The van der Waals surface area contributed by atoms with Crippen molar-refractivity contribution in [1.29, 1.82) is 0 Å². The first-order valence-corrected chi connectivity index (χ1v) is 5.65. The molecule has 1 saturated carbocycles. The molecule has 1 aliphatic rings. The molecular weight excluding hydrogens is 194 g/mol. The van der Waals surface area contributed by atoms with Crippen LogP contribution >= 0.6 is 0 Å². The molecule has 0 aromatic heterocycles. The number of carbonyl (C=O) groups is 1. The average Bonchev–Trinajstić information content (AvgIpc) is 2.26. The SMILES string of the molecule is CC1(C(=O)NC(CO)CO)CCCCC1. The summed E-state index contributed by atoms with van der Waals surface area (Å²) in [5.74, 6) is -0.0321. The van der Waals surface area contributed by atoms with Gasteiger partial charge in [-0.3, -0.25) is 4.79 Å². The molecule has 0 aliphatic heterocycles. The van der Waals surface area contributed by atoms with Crippen LogP contribution in [0.25, 0.3) is 0 Å². The predicted octanol–water partition coefficient (Wildman–Crippen LogP) is 0.426. The van der Waals surface area contributed by atoms with Crippen molar-refractivity contribution >= 4 is 5.91 Å². The van der Waals surface area contributed by atoms with Crippen molar-refractivity contribution in [2.45, 2.75) is 45.1 Å². The van der Waals surface area contributed by atoms with Crippen LogP contribution in [0.4, 0.5) is 0 Å². The molecule has 0 unspecified atom stereocenters. The fraction of sp³-hybridized carbons (Fsp3) is 0.909. The number of nitrogens with one attached hydrogen (secondary N) is 1. The summed E-state index contributed by atoms with van der Waals surface area (Å²) < 4.78 is 0. The highest BCUT2D eigenvalue weighted by atomic mass is 16.3. The Morgan fingerprint density at radius 2 is 1.80 bits per heavy atom. The summed E-state index contributed by atoms with van der Waals surface area (Å²) in [6.07, 6.45) is 5.19. The maximum absolute atomic E-state index is 11.9. The lowest BCUT2D eigenvalue weighted by molar-refractivity contribution is -0.133. The van der Waals surface area contributed by atoms with Crippen LogP contribution in [0, 0.1) is 5.41 Å². The van der Waals surface area contributed by atoms with Crippen LogP contribution in [0.15, 0.2) is 0 Å². The van der Waals surface area contributed by atoms with E-state index in [1.54, 1.807) is 0 Å². The number of hydrogen-bond acceptors (Lipinski definition) is 3. The van der Waals surface area contributed by atoms with Gasteiger partial charge in [0, 0.05) is 5.41 Å². The van der Waals surface area contributed by atoms with Gasteiger partial charge in [-0.25, -0.2) is 0 Å². The Morgan fingerprint density at radius 3 is 2.27 bits per heavy atom. The molecule has 1 rings (SSSR count). The van der Waals surface area contributed by atoms with Gasteiger partial charge in [0.05, 0.1) is 19.3 Å². The van der Waals surface area contributed by atoms with Gasteiger partial charge in [-0.1, -0.05) is 26.2 Å². The number of rotatable bonds is 4. The Labute approximate surface area is 90.7 Å². The fourth-order valence-electron chi connectivity index (χ4n) is 2.07. The maximum atomic E-state index is 11.9. The summed E-state index contributed by atoms with van der Waals surface area (Å²) in [6.45, 7) is 1.55. The Kier molecular flexibility index (Phi) is 4.54. The van der Waals surface area contributed by atoms with Gasteiger partial charge in [0.15, 0.2) is 0 Å². The smallest absolute Gasteiger partial charge is 0.226 e. The van der Waals surface area contributed by atoms with Crippen LogP contribution in [0.3, 0.4) is 0 Å². The first kappa shape index (κ1) is 12.5. The van der Waals surface area contributed by atoms with Crippen LogP contribution < -0.4 is 5.32 Å². The van der Waals surface area contributed by atoms with Crippen LogP contribution in [0.5, 0.6) is 0 Å². The van der Waals surface area contributed by atoms with Gasteiger partial charge < -0.3 is 15.5 Å². The second-order valence-corrected chi connectivity index (χ2v) is 4.66. The molecule has 1 fully saturated rings. The zero-order chi connectivity index (χ0) is 11.3. The molecule has 0 heterocycles. The Balaban J connectivity index is 2.50. The molecule has 15 heavy (non-hydrogen) atoms. The van der Waals surface area contributed by atoms with E-state index in [1.807, 2.05) is 6.92 Å². The first-order chi connectivity index (χ1) is 7.12.